The molecule has 2 saturated heterocycles. The molecule has 4 rings (SSSR count). The number of piperidine rings is 2. The maximum Gasteiger partial charge on any atom is 0.319 e. The van der Waals surface area contributed by atoms with Gasteiger partial charge in [-0.1, -0.05) is 43.9 Å². The summed E-state index contributed by atoms with van der Waals surface area (Å²) < 4.78 is 0. The molecule has 2 N–H and O–H groups in total. The number of nitrogens with one attached hydrogen (secondary N) is 2. The van der Waals surface area contributed by atoms with Crippen molar-refractivity contribution in [2.45, 2.75) is 102 Å². The van der Waals surface area contributed by atoms with E-state index in [1.165, 1.54) is 51.4 Å². The van der Waals surface area contributed by atoms with E-state index in [-0.39, 0.29) is 6.03 Å². The quantitative estimate of drug-likeness (QED) is 0.774. The summed E-state index contributed by atoms with van der Waals surface area (Å²) in [5, 5.41) is 6.40. The minimum Gasteiger partial charge on any atom is -0.335 e. The van der Waals surface area contributed by atoms with Crippen molar-refractivity contribution in [3.05, 3.63) is 29.3 Å². The number of nitrogens with zero attached hydrogens (tertiary/aromatic N) is 1. The van der Waals surface area contributed by atoms with Crippen molar-refractivity contribution in [1.29, 1.82) is 0 Å². The zero-order chi connectivity index (χ0) is 18.8. The van der Waals surface area contributed by atoms with Crippen molar-refractivity contribution in [2.75, 3.05) is 5.32 Å². The highest BCUT2D eigenvalue weighted by atomic mass is 16.2. The molecule has 3 fully saturated rings. The molecule has 3 aliphatic rings. The smallest absolute Gasteiger partial charge is 0.319 e. The van der Waals surface area contributed by atoms with E-state index in [9.17, 15) is 4.79 Å². The maximum absolute atomic E-state index is 12.7. The largest absolute Gasteiger partial charge is 0.335 e. The van der Waals surface area contributed by atoms with Gasteiger partial charge in [-0.2, -0.15) is 0 Å². The molecule has 3 atom stereocenters. The highest BCUT2D eigenvalue weighted by Gasteiger charge is 2.42. The molecule has 148 valence electrons. The Morgan fingerprint density at radius 2 is 1.48 bits per heavy atom. The SMILES string of the molecule is Cc1cccc(C)c1NC(=O)NC1C[C@H]2CCC[C@@H](C1)N2C1CCCCC1. The van der Waals surface area contributed by atoms with Crippen LogP contribution in [-0.4, -0.2) is 35.1 Å². The van der Waals surface area contributed by atoms with Crippen LogP contribution in [0.15, 0.2) is 18.2 Å². The molecule has 2 aliphatic heterocycles. The number of hydrogen-bond donors (Lipinski definition) is 2. The Labute approximate surface area is 164 Å². The van der Waals surface area contributed by atoms with Crippen molar-refractivity contribution < 1.29 is 4.79 Å². The number of aryl methyl sites for hydroxylation is 2. The van der Waals surface area contributed by atoms with Crippen LogP contribution in [0, 0.1) is 13.8 Å². The molecule has 0 spiro atoms. The van der Waals surface area contributed by atoms with Crippen LogP contribution in [0.1, 0.15) is 75.3 Å². The highest BCUT2D eigenvalue weighted by Crippen LogP contribution is 2.39. The van der Waals surface area contributed by atoms with E-state index in [4.69, 9.17) is 0 Å². The lowest BCUT2D eigenvalue weighted by Crippen LogP contribution is -2.60. The summed E-state index contributed by atoms with van der Waals surface area (Å²) in [5.41, 5.74) is 3.19. The predicted molar refractivity (Wildman–Crippen MR) is 111 cm³/mol. The van der Waals surface area contributed by atoms with E-state index in [1.54, 1.807) is 0 Å². The van der Waals surface area contributed by atoms with Crippen molar-refractivity contribution in [3.8, 4) is 0 Å². The molecule has 1 aliphatic carbocycles. The van der Waals surface area contributed by atoms with Gasteiger partial charge in [0.2, 0.25) is 0 Å². The van der Waals surface area contributed by atoms with E-state index < -0.39 is 0 Å². The average Bonchev–Trinajstić information content (AvgIpc) is 2.65. The number of anilines is 1. The van der Waals surface area contributed by atoms with E-state index in [1.807, 2.05) is 6.07 Å². The Bertz CT molecular complexity index is 633. The Morgan fingerprint density at radius 1 is 0.889 bits per heavy atom. The summed E-state index contributed by atoms with van der Waals surface area (Å²) in [6, 6.07) is 8.56. The second-order valence-corrected chi connectivity index (χ2v) is 9.01. The van der Waals surface area contributed by atoms with Gasteiger partial charge in [-0.15, -0.1) is 0 Å². The molecule has 1 aromatic rings. The minimum atomic E-state index is -0.0402. The molecular weight excluding hydrogens is 334 g/mol. The molecule has 1 unspecified atom stereocenters. The first kappa shape index (κ1) is 18.8. The number of para-hydroxylation sites is 1. The molecule has 27 heavy (non-hydrogen) atoms. The molecule has 1 saturated carbocycles. The molecular formula is C23H35N3O. The molecule has 2 amide bonds. The fraction of sp³-hybridized carbons (Fsp3) is 0.696. The molecule has 4 nitrogen and oxygen atoms in total. The summed E-state index contributed by atoms with van der Waals surface area (Å²) in [6.07, 6.45) is 13.2. The van der Waals surface area contributed by atoms with E-state index in [0.29, 0.717) is 18.1 Å². The number of hydrogen-bond acceptors (Lipinski definition) is 2. The van der Waals surface area contributed by atoms with Crippen molar-refractivity contribution in [3.63, 3.8) is 0 Å². The Morgan fingerprint density at radius 3 is 2.11 bits per heavy atom. The van der Waals surface area contributed by atoms with Crippen LogP contribution in [0.3, 0.4) is 0 Å². The lowest BCUT2D eigenvalue weighted by atomic mass is 9.78. The Balaban J connectivity index is 1.38. The fourth-order valence-electron chi connectivity index (χ4n) is 5.86. The monoisotopic (exact) mass is 369 g/mol. The second-order valence-electron chi connectivity index (χ2n) is 9.01. The van der Waals surface area contributed by atoms with Gasteiger partial charge >= 0.3 is 6.03 Å². The first-order chi connectivity index (χ1) is 13.1. The third-order valence-corrected chi connectivity index (χ3v) is 7.08. The number of carbonyl (C=O) groups is 1. The summed E-state index contributed by atoms with van der Waals surface area (Å²) in [7, 11) is 0. The first-order valence-electron chi connectivity index (χ1n) is 11.0. The van der Waals surface area contributed by atoms with Crippen molar-refractivity contribution in [1.82, 2.24) is 10.2 Å². The van der Waals surface area contributed by atoms with Gasteiger partial charge in [0.1, 0.15) is 0 Å². The number of benzene rings is 1. The molecule has 4 heteroatoms. The first-order valence-corrected chi connectivity index (χ1v) is 11.0. The summed E-state index contributed by atoms with van der Waals surface area (Å²) in [5.74, 6) is 0. The van der Waals surface area contributed by atoms with Crippen LogP contribution in [0.2, 0.25) is 0 Å². The average molecular weight is 370 g/mol. The van der Waals surface area contributed by atoms with Gasteiger partial charge in [0, 0.05) is 29.9 Å². The fourth-order valence-corrected chi connectivity index (χ4v) is 5.86. The Kier molecular flexibility index (Phi) is 5.72. The maximum atomic E-state index is 12.7. The lowest BCUT2D eigenvalue weighted by Gasteiger charge is -2.53. The number of rotatable bonds is 3. The lowest BCUT2D eigenvalue weighted by molar-refractivity contribution is -0.0202. The topological polar surface area (TPSA) is 44.4 Å². The van der Waals surface area contributed by atoms with Gasteiger partial charge in [-0.25, -0.2) is 4.79 Å². The summed E-state index contributed by atoms with van der Waals surface area (Å²) in [4.78, 5) is 15.5. The molecule has 1 aromatic carbocycles. The van der Waals surface area contributed by atoms with Crippen LogP contribution >= 0.6 is 0 Å². The zero-order valence-corrected chi connectivity index (χ0v) is 17.0. The van der Waals surface area contributed by atoms with Crippen LogP contribution in [0.5, 0.6) is 0 Å². The van der Waals surface area contributed by atoms with Crippen LogP contribution in [0.25, 0.3) is 0 Å². The minimum absolute atomic E-state index is 0.0402. The van der Waals surface area contributed by atoms with E-state index in [0.717, 1.165) is 35.7 Å². The van der Waals surface area contributed by atoms with Crippen molar-refractivity contribution >= 4 is 11.7 Å². The van der Waals surface area contributed by atoms with Gasteiger partial charge in [0.25, 0.3) is 0 Å². The van der Waals surface area contributed by atoms with Crippen LogP contribution < -0.4 is 10.6 Å². The third kappa shape index (κ3) is 4.16. The molecule has 2 bridgehead atoms. The van der Waals surface area contributed by atoms with Gasteiger partial charge in [-0.3, -0.25) is 4.90 Å². The van der Waals surface area contributed by atoms with Crippen LogP contribution in [-0.2, 0) is 0 Å². The van der Waals surface area contributed by atoms with Gasteiger partial charge in [0.15, 0.2) is 0 Å². The second kappa shape index (κ2) is 8.22. The number of carbonyl (C=O) groups excluding carboxylic acids is 1. The predicted octanol–water partition coefficient (Wildman–Crippen LogP) is 5.14. The van der Waals surface area contributed by atoms with Gasteiger partial charge in [-0.05, 0) is 63.5 Å². The Hall–Kier alpha value is -1.55. The van der Waals surface area contributed by atoms with E-state index >= 15 is 0 Å². The third-order valence-electron chi connectivity index (χ3n) is 7.08. The van der Waals surface area contributed by atoms with Crippen LogP contribution in [0.4, 0.5) is 10.5 Å². The summed E-state index contributed by atoms with van der Waals surface area (Å²) in [6.45, 7) is 4.10. The zero-order valence-electron chi connectivity index (χ0n) is 17.0. The number of fused-ring (bicyclic) bond motifs is 2. The normalized spacial score (nSPS) is 29.3. The van der Waals surface area contributed by atoms with Crippen molar-refractivity contribution in [2.24, 2.45) is 0 Å². The molecule has 0 radical (unpaired) electrons. The standard InChI is InChI=1S/C23H35N3O/c1-16-8-6-9-17(2)22(16)25-23(27)24-18-14-20-12-7-13-21(15-18)26(20)19-10-4-3-5-11-19/h6,8-9,18-21H,3-5,7,10-15H2,1-2H3,(H2,24,25,27)/t18?,20-,21+. The number of amides is 2. The summed E-state index contributed by atoms with van der Waals surface area (Å²) >= 11 is 0. The molecule has 0 aromatic heterocycles. The van der Waals surface area contributed by atoms with Gasteiger partial charge in [0.05, 0.1) is 0 Å². The highest BCUT2D eigenvalue weighted by molar-refractivity contribution is 5.91. The molecule has 2 heterocycles. The number of urea groups is 1. The van der Waals surface area contributed by atoms with Gasteiger partial charge < -0.3 is 10.6 Å². The van der Waals surface area contributed by atoms with E-state index in [2.05, 4.69) is 41.5 Å².